The normalized spacial score (nSPS) is 21.6. The van der Waals surface area contributed by atoms with E-state index < -0.39 is 5.82 Å². The van der Waals surface area contributed by atoms with E-state index >= 15 is 0 Å². The molecule has 1 aliphatic rings. The average Bonchev–Trinajstić information content (AvgIpc) is 2.35. The van der Waals surface area contributed by atoms with Crippen molar-refractivity contribution in [2.75, 3.05) is 11.9 Å². The molecule has 1 aliphatic carbocycles. The van der Waals surface area contributed by atoms with E-state index in [-0.39, 0.29) is 17.5 Å². The van der Waals surface area contributed by atoms with E-state index in [4.69, 9.17) is 0 Å². The van der Waals surface area contributed by atoms with Crippen LogP contribution in [0.5, 0.6) is 0 Å². The fourth-order valence-electron chi connectivity index (χ4n) is 2.28. The summed E-state index contributed by atoms with van der Waals surface area (Å²) in [6.45, 7) is 4.88. The Hall–Kier alpha value is -1.65. The summed E-state index contributed by atoms with van der Waals surface area (Å²) in [6, 6.07) is 1.45. The van der Waals surface area contributed by atoms with E-state index in [2.05, 4.69) is 22.5 Å². The molecule has 0 saturated heterocycles. The third kappa shape index (κ3) is 3.43. The van der Waals surface area contributed by atoms with Gasteiger partial charge in [0, 0.05) is 12.6 Å². The maximum absolute atomic E-state index is 13.3. The van der Waals surface area contributed by atoms with E-state index in [1.807, 2.05) is 6.92 Å². The van der Waals surface area contributed by atoms with Gasteiger partial charge in [0.15, 0.2) is 0 Å². The van der Waals surface area contributed by atoms with Crippen LogP contribution in [0.3, 0.4) is 0 Å². The monoisotopic (exact) mass is 265 g/mol. The lowest BCUT2D eigenvalue weighted by atomic mass is 9.82. The van der Waals surface area contributed by atoms with Crippen molar-refractivity contribution in [1.82, 2.24) is 10.3 Å². The number of anilines is 1. The molecule has 0 spiro atoms. The van der Waals surface area contributed by atoms with E-state index in [1.54, 1.807) is 0 Å². The van der Waals surface area contributed by atoms with Crippen molar-refractivity contribution in [2.24, 2.45) is 5.92 Å². The quantitative estimate of drug-likeness (QED) is 0.860. The largest absolute Gasteiger partial charge is 0.369 e. The van der Waals surface area contributed by atoms with Crippen LogP contribution in [-0.4, -0.2) is 23.5 Å². The second-order valence-corrected chi connectivity index (χ2v) is 5.22. The van der Waals surface area contributed by atoms with Gasteiger partial charge in [-0.05, 0) is 31.2 Å². The Kier molecular flexibility index (Phi) is 4.35. The van der Waals surface area contributed by atoms with Crippen molar-refractivity contribution >= 4 is 11.7 Å². The zero-order chi connectivity index (χ0) is 13.8. The molecular weight excluding hydrogens is 245 g/mol. The van der Waals surface area contributed by atoms with Gasteiger partial charge in [-0.3, -0.25) is 4.79 Å². The summed E-state index contributed by atoms with van der Waals surface area (Å²) < 4.78 is 13.3. The lowest BCUT2D eigenvalue weighted by molar-refractivity contribution is 0.0896. The molecule has 1 aromatic rings. The minimum absolute atomic E-state index is 0.213. The molecule has 1 amide bonds. The molecule has 0 unspecified atom stereocenters. The maximum Gasteiger partial charge on any atom is 0.255 e. The van der Waals surface area contributed by atoms with Gasteiger partial charge in [0.05, 0.1) is 11.8 Å². The SMILES string of the molecule is CCCNc1ncc(F)cc1C(=O)NC1CC(C)C1. The van der Waals surface area contributed by atoms with Gasteiger partial charge in [-0.2, -0.15) is 0 Å². The summed E-state index contributed by atoms with van der Waals surface area (Å²) in [6.07, 6.45) is 4.03. The predicted octanol–water partition coefficient (Wildman–Crippen LogP) is 2.57. The summed E-state index contributed by atoms with van der Waals surface area (Å²) in [5.41, 5.74) is 0.285. The molecule has 1 fully saturated rings. The number of hydrogen-bond acceptors (Lipinski definition) is 3. The fourth-order valence-corrected chi connectivity index (χ4v) is 2.28. The highest BCUT2D eigenvalue weighted by molar-refractivity contribution is 5.98. The van der Waals surface area contributed by atoms with Crippen LogP contribution in [-0.2, 0) is 0 Å². The molecule has 2 N–H and O–H groups in total. The molecule has 0 radical (unpaired) electrons. The fraction of sp³-hybridized carbons (Fsp3) is 0.571. The Morgan fingerprint density at radius 2 is 2.26 bits per heavy atom. The van der Waals surface area contributed by atoms with Gasteiger partial charge in [-0.15, -0.1) is 0 Å². The number of nitrogens with zero attached hydrogens (tertiary/aromatic N) is 1. The number of rotatable bonds is 5. The number of carbonyl (C=O) groups excluding carboxylic acids is 1. The molecule has 0 atom stereocenters. The minimum atomic E-state index is -0.492. The number of hydrogen-bond donors (Lipinski definition) is 2. The van der Waals surface area contributed by atoms with E-state index in [9.17, 15) is 9.18 Å². The number of amides is 1. The molecule has 1 heterocycles. The van der Waals surface area contributed by atoms with Crippen LogP contribution in [0.15, 0.2) is 12.3 Å². The third-order valence-corrected chi connectivity index (χ3v) is 3.35. The highest BCUT2D eigenvalue weighted by atomic mass is 19.1. The highest BCUT2D eigenvalue weighted by Crippen LogP contribution is 2.27. The van der Waals surface area contributed by atoms with Gasteiger partial charge in [0.1, 0.15) is 11.6 Å². The summed E-state index contributed by atoms with van der Waals surface area (Å²) in [5, 5.41) is 5.97. The molecule has 4 nitrogen and oxygen atoms in total. The van der Waals surface area contributed by atoms with Crippen LogP contribution in [0.25, 0.3) is 0 Å². The molecule has 1 saturated carbocycles. The Morgan fingerprint density at radius 3 is 2.89 bits per heavy atom. The zero-order valence-corrected chi connectivity index (χ0v) is 11.4. The molecule has 0 aliphatic heterocycles. The first kappa shape index (κ1) is 13.8. The van der Waals surface area contributed by atoms with Crippen molar-refractivity contribution in [2.45, 2.75) is 39.2 Å². The molecule has 2 rings (SSSR count). The van der Waals surface area contributed by atoms with Gasteiger partial charge in [0.25, 0.3) is 5.91 Å². The van der Waals surface area contributed by atoms with Crippen LogP contribution in [0.4, 0.5) is 10.2 Å². The Labute approximate surface area is 112 Å². The van der Waals surface area contributed by atoms with Gasteiger partial charge in [-0.25, -0.2) is 9.37 Å². The second-order valence-electron chi connectivity index (χ2n) is 5.22. The summed E-state index contributed by atoms with van der Waals surface area (Å²) in [5.74, 6) is 0.374. The van der Waals surface area contributed by atoms with Crippen LogP contribution in [0.1, 0.15) is 43.5 Å². The molecule has 104 valence electrons. The van der Waals surface area contributed by atoms with Crippen molar-refractivity contribution in [3.05, 3.63) is 23.6 Å². The van der Waals surface area contributed by atoms with Gasteiger partial charge < -0.3 is 10.6 Å². The lowest BCUT2D eigenvalue weighted by Gasteiger charge is -2.33. The number of pyridine rings is 1. The van der Waals surface area contributed by atoms with Crippen LogP contribution >= 0.6 is 0 Å². The molecule has 0 bridgehead atoms. The minimum Gasteiger partial charge on any atom is -0.369 e. The van der Waals surface area contributed by atoms with Crippen molar-refractivity contribution in [3.8, 4) is 0 Å². The van der Waals surface area contributed by atoms with Gasteiger partial charge >= 0.3 is 0 Å². The van der Waals surface area contributed by atoms with Gasteiger partial charge in [0.2, 0.25) is 0 Å². The Bertz CT molecular complexity index is 458. The second kappa shape index (κ2) is 5.99. The number of nitrogens with one attached hydrogen (secondary N) is 2. The highest BCUT2D eigenvalue weighted by Gasteiger charge is 2.27. The smallest absolute Gasteiger partial charge is 0.255 e. The van der Waals surface area contributed by atoms with Crippen molar-refractivity contribution in [3.63, 3.8) is 0 Å². The van der Waals surface area contributed by atoms with Crippen molar-refractivity contribution < 1.29 is 9.18 Å². The summed E-state index contributed by atoms with van der Waals surface area (Å²) >= 11 is 0. The first-order chi connectivity index (χ1) is 9.10. The third-order valence-electron chi connectivity index (χ3n) is 3.35. The predicted molar refractivity (Wildman–Crippen MR) is 72.6 cm³/mol. The lowest BCUT2D eigenvalue weighted by Crippen LogP contribution is -2.43. The average molecular weight is 265 g/mol. The standard InChI is InChI=1S/C14H20FN3O/c1-3-4-16-13-12(7-10(15)8-17-13)14(19)18-11-5-9(2)6-11/h7-9,11H,3-6H2,1-2H3,(H,16,17)(H,18,19). The van der Waals surface area contributed by atoms with E-state index in [0.717, 1.165) is 25.5 Å². The van der Waals surface area contributed by atoms with Gasteiger partial charge in [-0.1, -0.05) is 13.8 Å². The molecule has 19 heavy (non-hydrogen) atoms. The van der Waals surface area contributed by atoms with Crippen molar-refractivity contribution in [1.29, 1.82) is 0 Å². The molecule has 5 heteroatoms. The Morgan fingerprint density at radius 1 is 1.53 bits per heavy atom. The van der Waals surface area contributed by atoms with Crippen LogP contribution in [0, 0.1) is 11.7 Å². The zero-order valence-electron chi connectivity index (χ0n) is 11.4. The van der Waals surface area contributed by atoms with Crippen LogP contribution in [0.2, 0.25) is 0 Å². The topological polar surface area (TPSA) is 54.0 Å². The Balaban J connectivity index is 2.07. The molecule has 1 aromatic heterocycles. The molecule has 0 aromatic carbocycles. The number of aromatic nitrogens is 1. The first-order valence-electron chi connectivity index (χ1n) is 6.80. The maximum atomic E-state index is 13.3. The summed E-state index contributed by atoms with van der Waals surface area (Å²) in [4.78, 5) is 16.1. The summed E-state index contributed by atoms with van der Waals surface area (Å²) in [7, 11) is 0. The van der Waals surface area contributed by atoms with E-state index in [1.165, 1.54) is 6.07 Å². The first-order valence-corrected chi connectivity index (χ1v) is 6.80. The van der Waals surface area contributed by atoms with E-state index in [0.29, 0.717) is 18.3 Å². The number of carbonyl (C=O) groups is 1. The van der Waals surface area contributed by atoms with Crippen LogP contribution < -0.4 is 10.6 Å². The molecular formula is C14H20FN3O. The number of halogens is 1.